The third-order valence-corrected chi connectivity index (χ3v) is 5.42. The average Bonchev–Trinajstić information content (AvgIpc) is 2.98. The van der Waals surface area contributed by atoms with Crippen LogP contribution >= 0.6 is 15.9 Å². The molecule has 1 unspecified atom stereocenters. The Morgan fingerprint density at radius 1 is 1.24 bits per heavy atom. The fourth-order valence-corrected chi connectivity index (χ4v) is 4.09. The van der Waals surface area contributed by atoms with E-state index in [-0.39, 0.29) is 11.9 Å². The minimum Gasteiger partial charge on any atom is -0.497 e. The molecule has 1 N–H and O–H groups in total. The Hall–Kier alpha value is -2.27. The van der Waals surface area contributed by atoms with E-state index in [0.717, 1.165) is 40.0 Å². The molecule has 0 aliphatic carbocycles. The van der Waals surface area contributed by atoms with E-state index >= 15 is 0 Å². The molecule has 4 rings (SSSR count). The Labute approximate surface area is 154 Å². The molecule has 0 spiro atoms. The van der Waals surface area contributed by atoms with Crippen molar-refractivity contribution in [3.05, 3.63) is 63.8 Å². The van der Waals surface area contributed by atoms with Gasteiger partial charge in [0, 0.05) is 34.5 Å². The summed E-state index contributed by atoms with van der Waals surface area (Å²) >= 11 is 3.56. The second kappa shape index (κ2) is 6.23. The molecular weight excluding hydrogens is 380 g/mol. The standard InChI is InChI=1S/C20H19BrN2O2/c1-12(24)23-10-9-16-17-11-14(21)5-8-18(17)22-19(16)20(23)13-3-6-15(25-2)7-4-13/h3-8,11,20,22H,9-10H2,1-2H3. The van der Waals surface area contributed by atoms with Gasteiger partial charge >= 0.3 is 0 Å². The van der Waals surface area contributed by atoms with Crippen molar-refractivity contribution in [2.75, 3.05) is 13.7 Å². The highest BCUT2D eigenvalue weighted by Gasteiger charge is 2.33. The minimum absolute atomic E-state index is 0.0892. The van der Waals surface area contributed by atoms with Crippen LogP contribution in [0.1, 0.15) is 29.8 Å². The van der Waals surface area contributed by atoms with Crippen molar-refractivity contribution in [2.24, 2.45) is 0 Å². The quantitative estimate of drug-likeness (QED) is 0.693. The van der Waals surface area contributed by atoms with Gasteiger partial charge in [0.1, 0.15) is 5.75 Å². The van der Waals surface area contributed by atoms with Gasteiger partial charge in [-0.2, -0.15) is 0 Å². The number of carbonyl (C=O) groups is 1. The molecule has 1 aromatic heterocycles. The lowest BCUT2D eigenvalue weighted by molar-refractivity contribution is -0.130. The number of ether oxygens (including phenoxy) is 1. The van der Waals surface area contributed by atoms with Crippen molar-refractivity contribution in [2.45, 2.75) is 19.4 Å². The molecule has 128 valence electrons. The SMILES string of the molecule is COc1ccc(C2c3[nH]c4ccc(Br)cc4c3CCN2C(C)=O)cc1. The first kappa shape index (κ1) is 16.2. The van der Waals surface area contributed by atoms with Gasteiger partial charge in [0.05, 0.1) is 13.2 Å². The second-order valence-corrected chi connectivity index (χ2v) is 7.26. The number of hydrogen-bond acceptors (Lipinski definition) is 2. The van der Waals surface area contributed by atoms with Crippen LogP contribution in [-0.4, -0.2) is 29.4 Å². The van der Waals surface area contributed by atoms with E-state index in [2.05, 4.69) is 33.0 Å². The average molecular weight is 399 g/mol. The molecule has 3 aromatic rings. The third kappa shape index (κ3) is 2.72. The van der Waals surface area contributed by atoms with Crippen molar-refractivity contribution in [1.82, 2.24) is 9.88 Å². The summed E-state index contributed by atoms with van der Waals surface area (Å²) in [5, 5.41) is 1.23. The first-order chi connectivity index (χ1) is 12.1. The van der Waals surface area contributed by atoms with Crippen LogP contribution in [0.4, 0.5) is 0 Å². The first-order valence-electron chi connectivity index (χ1n) is 8.29. The predicted molar refractivity (Wildman–Crippen MR) is 102 cm³/mol. The molecule has 0 bridgehead atoms. The fraction of sp³-hybridized carbons (Fsp3) is 0.250. The first-order valence-corrected chi connectivity index (χ1v) is 9.09. The summed E-state index contributed by atoms with van der Waals surface area (Å²) in [7, 11) is 1.66. The van der Waals surface area contributed by atoms with Crippen LogP contribution in [0.2, 0.25) is 0 Å². The van der Waals surface area contributed by atoms with E-state index in [1.165, 1.54) is 10.9 Å². The van der Waals surface area contributed by atoms with Crippen LogP contribution in [0.5, 0.6) is 5.75 Å². The van der Waals surface area contributed by atoms with Gasteiger partial charge in [-0.15, -0.1) is 0 Å². The number of halogens is 1. The van der Waals surface area contributed by atoms with Crippen molar-refractivity contribution in [3.63, 3.8) is 0 Å². The number of fused-ring (bicyclic) bond motifs is 3. The number of amides is 1. The maximum Gasteiger partial charge on any atom is 0.220 e. The van der Waals surface area contributed by atoms with Gasteiger partial charge in [-0.05, 0) is 47.9 Å². The zero-order valence-electron chi connectivity index (χ0n) is 14.2. The molecule has 1 aliphatic rings. The van der Waals surface area contributed by atoms with Gasteiger partial charge in [0.25, 0.3) is 0 Å². The van der Waals surface area contributed by atoms with Gasteiger partial charge in [-0.3, -0.25) is 4.79 Å². The van der Waals surface area contributed by atoms with Crippen LogP contribution in [0, 0.1) is 0 Å². The van der Waals surface area contributed by atoms with Gasteiger partial charge in [-0.1, -0.05) is 28.1 Å². The lowest BCUT2D eigenvalue weighted by Gasteiger charge is -2.35. The number of aromatic amines is 1. The van der Waals surface area contributed by atoms with E-state index in [9.17, 15) is 4.79 Å². The highest BCUT2D eigenvalue weighted by atomic mass is 79.9. The van der Waals surface area contributed by atoms with Crippen molar-refractivity contribution >= 4 is 32.7 Å². The number of hydrogen-bond donors (Lipinski definition) is 1. The smallest absolute Gasteiger partial charge is 0.220 e. The summed E-state index contributed by atoms with van der Waals surface area (Å²) in [6.07, 6.45) is 0.859. The van der Waals surface area contributed by atoms with E-state index < -0.39 is 0 Å². The molecule has 1 amide bonds. The normalized spacial score (nSPS) is 16.8. The van der Waals surface area contributed by atoms with E-state index in [1.807, 2.05) is 35.2 Å². The number of carbonyl (C=O) groups excluding carboxylic acids is 1. The lowest BCUT2D eigenvalue weighted by Crippen LogP contribution is -2.39. The topological polar surface area (TPSA) is 45.3 Å². The number of benzene rings is 2. The predicted octanol–water partition coefficient (Wildman–Crippen LogP) is 4.43. The van der Waals surface area contributed by atoms with E-state index in [0.29, 0.717) is 0 Å². The monoisotopic (exact) mass is 398 g/mol. The molecular formula is C20H19BrN2O2. The Kier molecular flexibility index (Phi) is 4.04. The summed E-state index contributed by atoms with van der Waals surface area (Å²) in [4.78, 5) is 17.8. The number of aromatic nitrogens is 1. The largest absolute Gasteiger partial charge is 0.497 e. The summed E-state index contributed by atoms with van der Waals surface area (Å²) in [6, 6.07) is 14.1. The van der Waals surface area contributed by atoms with Gasteiger partial charge in [0.2, 0.25) is 5.91 Å². The molecule has 1 aliphatic heterocycles. The second-order valence-electron chi connectivity index (χ2n) is 6.35. The molecule has 0 saturated carbocycles. The van der Waals surface area contributed by atoms with Crippen LogP contribution in [-0.2, 0) is 11.2 Å². The Morgan fingerprint density at radius 2 is 2.00 bits per heavy atom. The molecule has 25 heavy (non-hydrogen) atoms. The number of methoxy groups -OCH3 is 1. The number of nitrogens with one attached hydrogen (secondary N) is 1. The third-order valence-electron chi connectivity index (χ3n) is 4.93. The maximum atomic E-state index is 12.3. The van der Waals surface area contributed by atoms with Gasteiger partial charge in [0.15, 0.2) is 0 Å². The molecule has 2 heterocycles. The number of H-pyrrole nitrogens is 1. The van der Waals surface area contributed by atoms with Gasteiger partial charge in [-0.25, -0.2) is 0 Å². The molecule has 0 radical (unpaired) electrons. The summed E-state index contributed by atoms with van der Waals surface area (Å²) in [5.74, 6) is 0.904. The molecule has 2 aromatic carbocycles. The van der Waals surface area contributed by atoms with Crippen LogP contribution in [0.25, 0.3) is 10.9 Å². The minimum atomic E-state index is -0.0988. The maximum absolute atomic E-state index is 12.3. The van der Waals surface area contributed by atoms with Crippen molar-refractivity contribution in [3.8, 4) is 5.75 Å². The van der Waals surface area contributed by atoms with Crippen molar-refractivity contribution < 1.29 is 9.53 Å². The van der Waals surface area contributed by atoms with E-state index in [1.54, 1.807) is 14.0 Å². The zero-order valence-corrected chi connectivity index (χ0v) is 15.8. The Bertz CT molecular complexity index is 946. The summed E-state index contributed by atoms with van der Waals surface area (Å²) < 4.78 is 6.33. The molecule has 5 heteroatoms. The Balaban J connectivity index is 1.89. The number of nitrogens with zero attached hydrogens (tertiary/aromatic N) is 1. The van der Waals surface area contributed by atoms with Gasteiger partial charge < -0.3 is 14.6 Å². The van der Waals surface area contributed by atoms with Crippen LogP contribution < -0.4 is 4.74 Å². The highest BCUT2D eigenvalue weighted by Crippen LogP contribution is 2.39. The summed E-state index contributed by atoms with van der Waals surface area (Å²) in [6.45, 7) is 2.36. The summed E-state index contributed by atoms with van der Waals surface area (Å²) in [5.41, 5.74) is 4.61. The van der Waals surface area contributed by atoms with Crippen molar-refractivity contribution in [1.29, 1.82) is 0 Å². The molecule has 4 nitrogen and oxygen atoms in total. The Morgan fingerprint density at radius 3 is 2.68 bits per heavy atom. The fourth-order valence-electron chi connectivity index (χ4n) is 3.73. The zero-order chi connectivity index (χ0) is 17.6. The number of rotatable bonds is 2. The lowest BCUT2D eigenvalue weighted by atomic mass is 9.92. The molecule has 0 fully saturated rings. The molecule has 1 atom stereocenters. The molecule has 0 saturated heterocycles. The van der Waals surface area contributed by atoms with E-state index in [4.69, 9.17) is 4.74 Å². The van der Waals surface area contributed by atoms with Crippen LogP contribution in [0.3, 0.4) is 0 Å². The highest BCUT2D eigenvalue weighted by molar-refractivity contribution is 9.10. The van der Waals surface area contributed by atoms with Crippen LogP contribution in [0.15, 0.2) is 46.9 Å².